The molecule has 0 atom stereocenters. The van der Waals surface area contributed by atoms with E-state index in [1.54, 1.807) is 0 Å². The molecule has 1 N–H and O–H groups in total. The molecule has 1 aromatic rings. The third kappa shape index (κ3) is 3.56. The Labute approximate surface area is 131 Å². The molecule has 0 aromatic heterocycles. The summed E-state index contributed by atoms with van der Waals surface area (Å²) in [5, 5.41) is 3.58. The second-order valence-electron chi connectivity index (χ2n) is 6.28. The fraction of sp³-hybridized carbons (Fsp3) is 0.647. The van der Waals surface area contributed by atoms with E-state index in [0.29, 0.717) is 0 Å². The zero-order chi connectivity index (χ0) is 13.9. The minimum atomic E-state index is 0.779. The second kappa shape index (κ2) is 6.48. The van der Waals surface area contributed by atoms with Crippen LogP contribution in [0.2, 0.25) is 0 Å². The lowest BCUT2D eigenvalue weighted by Gasteiger charge is -2.34. The number of anilines is 1. The maximum atomic E-state index is 3.77. The van der Waals surface area contributed by atoms with Crippen molar-refractivity contribution in [3.05, 3.63) is 28.2 Å². The standard InChI is InChI=1S/C17H25BrN2/c1-2-13-7-9-20(10-8-13)17-6-3-14(11-16(17)18)12-19-15-4-5-15/h3,6,11,13,15,19H,2,4-5,7-10,12H2,1H3. The van der Waals surface area contributed by atoms with Gasteiger partial charge in [-0.1, -0.05) is 19.4 Å². The largest absolute Gasteiger partial charge is 0.371 e. The molecule has 3 heteroatoms. The molecule has 3 rings (SSSR count). The molecule has 1 saturated carbocycles. The number of rotatable bonds is 5. The number of hydrogen-bond donors (Lipinski definition) is 1. The van der Waals surface area contributed by atoms with Crippen LogP contribution >= 0.6 is 15.9 Å². The SMILES string of the molecule is CCC1CCN(c2ccc(CNC3CC3)cc2Br)CC1. The van der Waals surface area contributed by atoms with Gasteiger partial charge < -0.3 is 10.2 Å². The van der Waals surface area contributed by atoms with Gasteiger partial charge >= 0.3 is 0 Å². The number of benzene rings is 1. The smallest absolute Gasteiger partial charge is 0.0510 e. The van der Waals surface area contributed by atoms with Crippen LogP contribution < -0.4 is 10.2 Å². The lowest BCUT2D eigenvalue weighted by Crippen LogP contribution is -2.33. The normalized spacial score (nSPS) is 20.4. The molecule has 1 saturated heterocycles. The molecule has 0 spiro atoms. The molecule has 20 heavy (non-hydrogen) atoms. The highest BCUT2D eigenvalue weighted by molar-refractivity contribution is 9.10. The van der Waals surface area contributed by atoms with Crippen molar-refractivity contribution < 1.29 is 0 Å². The van der Waals surface area contributed by atoms with Crippen molar-refractivity contribution in [2.24, 2.45) is 5.92 Å². The number of nitrogens with one attached hydrogen (secondary N) is 1. The Morgan fingerprint density at radius 3 is 2.55 bits per heavy atom. The molecule has 1 aromatic carbocycles. The quantitative estimate of drug-likeness (QED) is 0.860. The van der Waals surface area contributed by atoms with Gasteiger partial charge in [0.15, 0.2) is 0 Å². The number of hydrogen-bond acceptors (Lipinski definition) is 2. The minimum absolute atomic E-state index is 0.779. The Kier molecular flexibility index (Phi) is 4.67. The van der Waals surface area contributed by atoms with Crippen LogP contribution in [-0.2, 0) is 6.54 Å². The average molecular weight is 337 g/mol. The Balaban J connectivity index is 1.61. The van der Waals surface area contributed by atoms with Crippen LogP contribution in [0.15, 0.2) is 22.7 Å². The van der Waals surface area contributed by atoms with E-state index in [2.05, 4.69) is 51.3 Å². The summed E-state index contributed by atoms with van der Waals surface area (Å²) in [4.78, 5) is 2.54. The monoisotopic (exact) mass is 336 g/mol. The fourth-order valence-electron chi connectivity index (χ4n) is 3.05. The summed E-state index contributed by atoms with van der Waals surface area (Å²) in [7, 11) is 0. The van der Waals surface area contributed by atoms with E-state index in [1.165, 1.54) is 60.9 Å². The lowest BCUT2D eigenvalue weighted by atomic mass is 9.94. The summed E-state index contributed by atoms with van der Waals surface area (Å²) in [5.41, 5.74) is 2.76. The van der Waals surface area contributed by atoms with Gasteiger partial charge in [0.25, 0.3) is 0 Å². The van der Waals surface area contributed by atoms with Gasteiger partial charge in [0.05, 0.1) is 5.69 Å². The zero-order valence-corrected chi connectivity index (χ0v) is 14.0. The fourth-order valence-corrected chi connectivity index (χ4v) is 3.73. The maximum absolute atomic E-state index is 3.77. The molecule has 0 radical (unpaired) electrons. The van der Waals surface area contributed by atoms with Crippen LogP contribution in [0.4, 0.5) is 5.69 Å². The predicted octanol–water partition coefficient (Wildman–Crippen LogP) is 4.33. The molecule has 0 unspecified atom stereocenters. The van der Waals surface area contributed by atoms with Crippen molar-refractivity contribution in [3.63, 3.8) is 0 Å². The van der Waals surface area contributed by atoms with E-state index >= 15 is 0 Å². The first-order chi connectivity index (χ1) is 9.76. The van der Waals surface area contributed by atoms with Crippen molar-refractivity contribution in [2.45, 2.75) is 51.6 Å². The van der Waals surface area contributed by atoms with Gasteiger partial charge in [-0.25, -0.2) is 0 Å². The van der Waals surface area contributed by atoms with Crippen molar-refractivity contribution in [2.75, 3.05) is 18.0 Å². The molecule has 2 aliphatic rings. The Hall–Kier alpha value is -0.540. The first kappa shape index (κ1) is 14.4. The van der Waals surface area contributed by atoms with Gasteiger partial charge in [0.1, 0.15) is 0 Å². The average Bonchev–Trinajstić information content (AvgIpc) is 3.30. The van der Waals surface area contributed by atoms with Crippen LogP contribution in [0, 0.1) is 5.92 Å². The highest BCUT2D eigenvalue weighted by atomic mass is 79.9. The summed E-state index contributed by atoms with van der Waals surface area (Å²) in [5.74, 6) is 0.937. The Morgan fingerprint density at radius 1 is 1.20 bits per heavy atom. The van der Waals surface area contributed by atoms with Gasteiger partial charge in [-0.15, -0.1) is 0 Å². The van der Waals surface area contributed by atoms with Crippen molar-refractivity contribution in [1.29, 1.82) is 0 Å². The first-order valence-electron chi connectivity index (χ1n) is 8.03. The van der Waals surface area contributed by atoms with Crippen LogP contribution in [-0.4, -0.2) is 19.1 Å². The van der Waals surface area contributed by atoms with Gasteiger partial charge in [-0.05, 0) is 65.2 Å². The van der Waals surface area contributed by atoms with Gasteiger partial charge in [0, 0.05) is 30.1 Å². The van der Waals surface area contributed by atoms with Gasteiger partial charge in [-0.3, -0.25) is 0 Å². The summed E-state index contributed by atoms with van der Waals surface area (Å²) >= 11 is 3.77. The number of nitrogens with zero attached hydrogens (tertiary/aromatic N) is 1. The Morgan fingerprint density at radius 2 is 1.95 bits per heavy atom. The summed E-state index contributed by atoms with van der Waals surface area (Å²) in [6.45, 7) is 5.73. The number of halogens is 1. The predicted molar refractivity (Wildman–Crippen MR) is 89.2 cm³/mol. The Bertz CT molecular complexity index is 448. The zero-order valence-electron chi connectivity index (χ0n) is 12.4. The van der Waals surface area contributed by atoms with Gasteiger partial charge in [-0.2, -0.15) is 0 Å². The molecular weight excluding hydrogens is 312 g/mol. The number of piperidine rings is 1. The minimum Gasteiger partial charge on any atom is -0.371 e. The van der Waals surface area contributed by atoms with Crippen LogP contribution in [0.25, 0.3) is 0 Å². The van der Waals surface area contributed by atoms with Gasteiger partial charge in [0.2, 0.25) is 0 Å². The van der Waals surface area contributed by atoms with E-state index in [4.69, 9.17) is 0 Å². The first-order valence-corrected chi connectivity index (χ1v) is 8.82. The van der Waals surface area contributed by atoms with E-state index < -0.39 is 0 Å². The summed E-state index contributed by atoms with van der Waals surface area (Å²) in [6, 6.07) is 7.64. The van der Waals surface area contributed by atoms with Crippen molar-refractivity contribution in [3.8, 4) is 0 Å². The molecule has 0 amide bonds. The molecular formula is C17H25BrN2. The molecule has 110 valence electrons. The van der Waals surface area contributed by atoms with E-state index in [9.17, 15) is 0 Å². The highest BCUT2D eigenvalue weighted by Crippen LogP contribution is 2.31. The van der Waals surface area contributed by atoms with E-state index in [-0.39, 0.29) is 0 Å². The summed E-state index contributed by atoms with van der Waals surface area (Å²) in [6.07, 6.45) is 6.72. The molecule has 2 nitrogen and oxygen atoms in total. The third-order valence-corrected chi connectivity index (χ3v) is 5.35. The van der Waals surface area contributed by atoms with Crippen LogP contribution in [0.1, 0.15) is 44.6 Å². The third-order valence-electron chi connectivity index (χ3n) is 4.72. The molecule has 0 bridgehead atoms. The molecule has 1 aliphatic heterocycles. The van der Waals surface area contributed by atoms with Crippen LogP contribution in [0.5, 0.6) is 0 Å². The maximum Gasteiger partial charge on any atom is 0.0510 e. The van der Waals surface area contributed by atoms with Crippen molar-refractivity contribution >= 4 is 21.6 Å². The highest BCUT2D eigenvalue weighted by Gasteiger charge is 2.21. The molecule has 2 fully saturated rings. The molecule has 1 aliphatic carbocycles. The summed E-state index contributed by atoms with van der Waals surface area (Å²) < 4.78 is 1.25. The van der Waals surface area contributed by atoms with E-state index in [1.807, 2.05) is 0 Å². The van der Waals surface area contributed by atoms with Crippen LogP contribution in [0.3, 0.4) is 0 Å². The lowest BCUT2D eigenvalue weighted by molar-refractivity contribution is 0.395. The topological polar surface area (TPSA) is 15.3 Å². The van der Waals surface area contributed by atoms with Crippen molar-refractivity contribution in [1.82, 2.24) is 5.32 Å². The molecule has 1 heterocycles. The second-order valence-corrected chi connectivity index (χ2v) is 7.13. The van der Waals surface area contributed by atoms with E-state index in [0.717, 1.165) is 18.5 Å².